The number of nitrogens with one attached hydrogen (secondary N) is 1. The Morgan fingerprint density at radius 2 is 1.73 bits per heavy atom. The van der Waals surface area contributed by atoms with E-state index in [2.05, 4.69) is 11.9 Å². The Hall–Kier alpha value is -1.68. The highest BCUT2D eigenvalue weighted by Gasteiger charge is 2.03. The summed E-state index contributed by atoms with van der Waals surface area (Å²) >= 11 is 0. The Morgan fingerprint density at radius 1 is 1.33 bits per heavy atom. The SMILES string of the molecule is C=C(C)c1ccc([N+](=O)[O-])cc1.CNC. The van der Waals surface area contributed by atoms with E-state index in [9.17, 15) is 10.1 Å². The molecule has 0 bridgehead atoms. The second kappa shape index (κ2) is 6.73. The lowest BCUT2D eigenvalue weighted by molar-refractivity contribution is -0.384. The van der Waals surface area contributed by atoms with Crippen LogP contribution in [0.15, 0.2) is 30.8 Å². The van der Waals surface area contributed by atoms with Gasteiger partial charge in [0.1, 0.15) is 0 Å². The van der Waals surface area contributed by atoms with Crippen molar-refractivity contribution in [2.45, 2.75) is 6.92 Å². The summed E-state index contributed by atoms with van der Waals surface area (Å²) in [4.78, 5) is 9.85. The van der Waals surface area contributed by atoms with Crippen molar-refractivity contribution in [1.82, 2.24) is 5.32 Å². The average Bonchev–Trinajstić information content (AvgIpc) is 2.19. The van der Waals surface area contributed by atoms with Gasteiger partial charge in [-0.3, -0.25) is 10.1 Å². The number of allylic oxidation sites excluding steroid dienone is 1. The van der Waals surface area contributed by atoms with Gasteiger partial charge >= 0.3 is 0 Å². The molecule has 0 fully saturated rings. The number of nitrogens with zero attached hydrogens (tertiary/aromatic N) is 1. The van der Waals surface area contributed by atoms with Crippen LogP contribution in [0.3, 0.4) is 0 Å². The first-order valence-electron chi connectivity index (χ1n) is 4.51. The van der Waals surface area contributed by atoms with E-state index in [1.165, 1.54) is 12.1 Å². The van der Waals surface area contributed by atoms with Crippen LogP contribution >= 0.6 is 0 Å². The van der Waals surface area contributed by atoms with Gasteiger partial charge in [-0.25, -0.2) is 0 Å². The summed E-state index contributed by atoms with van der Waals surface area (Å²) in [6.07, 6.45) is 0. The number of benzene rings is 1. The minimum Gasteiger partial charge on any atom is -0.323 e. The molecule has 1 N–H and O–H groups in total. The van der Waals surface area contributed by atoms with Crippen LogP contribution in [-0.4, -0.2) is 19.0 Å². The maximum atomic E-state index is 10.3. The molecule has 0 saturated heterocycles. The first-order valence-corrected chi connectivity index (χ1v) is 4.51. The van der Waals surface area contributed by atoms with Gasteiger partial charge in [-0.05, 0) is 38.7 Å². The van der Waals surface area contributed by atoms with Crippen molar-refractivity contribution in [2.75, 3.05) is 14.1 Å². The van der Waals surface area contributed by atoms with Crippen LogP contribution < -0.4 is 5.32 Å². The van der Waals surface area contributed by atoms with Crippen LogP contribution in [0.5, 0.6) is 0 Å². The maximum absolute atomic E-state index is 10.3. The fourth-order valence-corrected chi connectivity index (χ4v) is 0.868. The quantitative estimate of drug-likeness (QED) is 0.600. The fourth-order valence-electron chi connectivity index (χ4n) is 0.868. The topological polar surface area (TPSA) is 55.2 Å². The first-order chi connectivity index (χ1) is 7.02. The van der Waals surface area contributed by atoms with Crippen LogP contribution in [0.4, 0.5) is 5.69 Å². The van der Waals surface area contributed by atoms with Crippen molar-refractivity contribution in [3.8, 4) is 0 Å². The van der Waals surface area contributed by atoms with Crippen molar-refractivity contribution in [1.29, 1.82) is 0 Å². The first kappa shape index (κ1) is 13.3. The van der Waals surface area contributed by atoms with Gasteiger partial charge < -0.3 is 5.32 Å². The van der Waals surface area contributed by atoms with Crippen LogP contribution in [0, 0.1) is 10.1 Å². The molecule has 0 aliphatic heterocycles. The van der Waals surface area contributed by atoms with Crippen molar-refractivity contribution in [2.24, 2.45) is 0 Å². The second-order valence-corrected chi connectivity index (χ2v) is 3.08. The number of hydrogen-bond donors (Lipinski definition) is 1. The van der Waals surface area contributed by atoms with Gasteiger partial charge in [-0.1, -0.05) is 12.2 Å². The van der Waals surface area contributed by atoms with Gasteiger partial charge in [-0.2, -0.15) is 0 Å². The number of rotatable bonds is 2. The van der Waals surface area contributed by atoms with E-state index < -0.39 is 4.92 Å². The smallest absolute Gasteiger partial charge is 0.269 e. The molecule has 0 heterocycles. The molecule has 82 valence electrons. The van der Waals surface area contributed by atoms with E-state index in [-0.39, 0.29) is 5.69 Å². The number of non-ortho nitro benzene ring substituents is 1. The van der Waals surface area contributed by atoms with Gasteiger partial charge in [0.15, 0.2) is 0 Å². The molecule has 15 heavy (non-hydrogen) atoms. The average molecular weight is 208 g/mol. The van der Waals surface area contributed by atoms with Gasteiger partial charge in [0.2, 0.25) is 0 Å². The van der Waals surface area contributed by atoms with E-state index in [4.69, 9.17) is 0 Å². The minimum absolute atomic E-state index is 0.111. The fraction of sp³-hybridized carbons (Fsp3) is 0.273. The van der Waals surface area contributed by atoms with E-state index >= 15 is 0 Å². The van der Waals surface area contributed by atoms with Crippen molar-refractivity contribution < 1.29 is 4.92 Å². The lowest BCUT2D eigenvalue weighted by Crippen LogP contribution is -1.89. The lowest BCUT2D eigenvalue weighted by Gasteiger charge is -1.97. The summed E-state index contributed by atoms with van der Waals surface area (Å²) in [5.41, 5.74) is 1.95. The van der Waals surface area contributed by atoms with Gasteiger partial charge in [0.25, 0.3) is 5.69 Å². The van der Waals surface area contributed by atoms with Crippen molar-refractivity contribution >= 4 is 11.3 Å². The monoisotopic (exact) mass is 208 g/mol. The predicted molar refractivity (Wildman–Crippen MR) is 62.8 cm³/mol. The molecule has 0 unspecified atom stereocenters. The van der Waals surface area contributed by atoms with Crippen LogP contribution in [0.1, 0.15) is 12.5 Å². The third-order valence-electron chi connectivity index (χ3n) is 1.57. The van der Waals surface area contributed by atoms with E-state index in [0.717, 1.165) is 11.1 Å². The Bertz CT molecular complexity index is 298. The summed E-state index contributed by atoms with van der Waals surface area (Å²) in [7, 11) is 3.75. The molecule has 4 heteroatoms. The molecule has 0 aliphatic carbocycles. The van der Waals surface area contributed by atoms with Gasteiger partial charge in [0.05, 0.1) is 4.92 Å². The molecule has 0 aromatic heterocycles. The third kappa shape index (κ3) is 4.93. The molecule has 0 aliphatic rings. The Kier molecular flexibility index (Phi) is 5.97. The molecule has 0 radical (unpaired) electrons. The van der Waals surface area contributed by atoms with Crippen LogP contribution in [0.25, 0.3) is 5.57 Å². The molecule has 0 amide bonds. The summed E-state index contributed by atoms with van der Waals surface area (Å²) in [6, 6.07) is 6.34. The zero-order valence-electron chi connectivity index (χ0n) is 9.28. The molecule has 0 spiro atoms. The summed E-state index contributed by atoms with van der Waals surface area (Å²) in [5.74, 6) is 0. The second-order valence-electron chi connectivity index (χ2n) is 3.08. The molecule has 0 saturated carbocycles. The zero-order chi connectivity index (χ0) is 11.8. The minimum atomic E-state index is -0.414. The van der Waals surface area contributed by atoms with Gasteiger partial charge in [0, 0.05) is 12.1 Å². The van der Waals surface area contributed by atoms with E-state index in [0.29, 0.717) is 0 Å². The predicted octanol–water partition coefficient (Wildman–Crippen LogP) is 2.46. The highest BCUT2D eigenvalue weighted by Crippen LogP contribution is 2.16. The number of nitro groups is 1. The molecule has 1 rings (SSSR count). The van der Waals surface area contributed by atoms with Crippen molar-refractivity contribution in [3.05, 3.63) is 46.5 Å². The molecule has 1 aromatic rings. The molecular formula is C11H16N2O2. The van der Waals surface area contributed by atoms with Crippen LogP contribution in [-0.2, 0) is 0 Å². The molecular weight excluding hydrogens is 192 g/mol. The Labute approximate surface area is 89.8 Å². The largest absolute Gasteiger partial charge is 0.323 e. The lowest BCUT2D eigenvalue weighted by atomic mass is 10.1. The van der Waals surface area contributed by atoms with Gasteiger partial charge in [-0.15, -0.1) is 0 Å². The maximum Gasteiger partial charge on any atom is 0.269 e. The third-order valence-corrected chi connectivity index (χ3v) is 1.57. The highest BCUT2D eigenvalue weighted by molar-refractivity contribution is 5.62. The Morgan fingerprint density at radius 3 is 2.00 bits per heavy atom. The van der Waals surface area contributed by atoms with E-state index in [1.807, 2.05) is 21.0 Å². The normalized spacial score (nSPS) is 8.73. The summed E-state index contributed by atoms with van der Waals surface area (Å²) in [5, 5.41) is 13.0. The zero-order valence-corrected chi connectivity index (χ0v) is 9.28. The molecule has 1 aromatic carbocycles. The summed E-state index contributed by atoms with van der Waals surface area (Å²) < 4.78 is 0. The highest BCUT2D eigenvalue weighted by atomic mass is 16.6. The Balaban J connectivity index is 0.000000583. The van der Waals surface area contributed by atoms with Crippen LogP contribution in [0.2, 0.25) is 0 Å². The standard InChI is InChI=1S/C9H9NO2.C2H7N/c1-7(2)8-3-5-9(6-4-8)10(11)12;1-3-2/h3-6H,1H2,2H3;3H,1-2H3. The summed E-state index contributed by atoms with van der Waals surface area (Å²) in [6.45, 7) is 5.59. The number of nitro benzene ring substituents is 1. The molecule has 4 nitrogen and oxygen atoms in total. The van der Waals surface area contributed by atoms with Crippen molar-refractivity contribution in [3.63, 3.8) is 0 Å². The van der Waals surface area contributed by atoms with E-state index in [1.54, 1.807) is 12.1 Å². The molecule has 0 atom stereocenters. The number of hydrogen-bond acceptors (Lipinski definition) is 3.